The number of anilines is 2. The third-order valence-corrected chi connectivity index (χ3v) is 4.24. The Morgan fingerprint density at radius 2 is 1.81 bits per heavy atom. The van der Waals surface area contributed by atoms with Gasteiger partial charge in [0.25, 0.3) is 0 Å². The normalized spacial score (nSPS) is 11.1. The number of aryl methyl sites for hydroxylation is 3. The molecule has 2 aromatic carbocycles. The van der Waals surface area contributed by atoms with Crippen molar-refractivity contribution >= 4 is 22.5 Å². The van der Waals surface area contributed by atoms with Crippen molar-refractivity contribution in [2.45, 2.75) is 13.8 Å². The zero-order chi connectivity index (χ0) is 18.3. The summed E-state index contributed by atoms with van der Waals surface area (Å²) in [6, 6.07) is 12.9. The summed E-state index contributed by atoms with van der Waals surface area (Å²) in [5.41, 5.74) is 4.05. The molecule has 0 spiro atoms. The first-order chi connectivity index (χ1) is 12.5. The predicted molar refractivity (Wildman–Crippen MR) is 101 cm³/mol. The molecular formula is C20H18FN5. The van der Waals surface area contributed by atoms with Gasteiger partial charge in [-0.2, -0.15) is 5.10 Å². The van der Waals surface area contributed by atoms with E-state index in [-0.39, 0.29) is 5.82 Å². The van der Waals surface area contributed by atoms with Gasteiger partial charge in [0.05, 0.1) is 17.3 Å². The van der Waals surface area contributed by atoms with Gasteiger partial charge in [-0.1, -0.05) is 29.8 Å². The molecule has 0 unspecified atom stereocenters. The van der Waals surface area contributed by atoms with E-state index in [1.54, 1.807) is 23.0 Å². The van der Waals surface area contributed by atoms with Crippen LogP contribution >= 0.6 is 0 Å². The molecule has 0 saturated carbocycles. The van der Waals surface area contributed by atoms with Gasteiger partial charge in [-0.25, -0.2) is 14.4 Å². The molecule has 2 heterocycles. The predicted octanol–water partition coefficient (Wildman–Crippen LogP) is 4.53. The Labute approximate surface area is 150 Å². The lowest BCUT2D eigenvalue weighted by Crippen LogP contribution is -2.02. The number of aromatic nitrogens is 4. The Kier molecular flexibility index (Phi) is 3.88. The van der Waals surface area contributed by atoms with Crippen LogP contribution in [0.15, 0.2) is 48.7 Å². The summed E-state index contributed by atoms with van der Waals surface area (Å²) in [6.07, 6.45) is 1.69. The van der Waals surface area contributed by atoms with Crippen LogP contribution in [0.4, 0.5) is 15.9 Å². The number of fused-ring (bicyclic) bond motifs is 1. The molecule has 6 heteroatoms. The molecular weight excluding hydrogens is 329 g/mol. The maximum atomic E-state index is 14.2. The molecule has 0 bridgehead atoms. The number of nitrogens with zero attached hydrogens (tertiary/aromatic N) is 4. The second kappa shape index (κ2) is 6.22. The van der Waals surface area contributed by atoms with Gasteiger partial charge in [0, 0.05) is 12.6 Å². The highest BCUT2D eigenvalue weighted by Crippen LogP contribution is 2.28. The van der Waals surface area contributed by atoms with Crippen LogP contribution in [0, 0.1) is 19.7 Å². The first-order valence-corrected chi connectivity index (χ1v) is 8.31. The van der Waals surface area contributed by atoms with Crippen molar-refractivity contribution in [1.82, 2.24) is 19.7 Å². The Hall–Kier alpha value is -3.28. The maximum Gasteiger partial charge on any atom is 0.164 e. The van der Waals surface area contributed by atoms with Gasteiger partial charge in [-0.3, -0.25) is 4.68 Å². The standard InChI is InChI=1S/C20H18FN5/c1-12-5-4-6-14(9-12)18-24-19(15-11-22-26(3)20(15)25-18)23-17-10-13(2)7-8-16(17)21/h4-11H,1-3H3,(H,23,24,25). The molecule has 1 N–H and O–H groups in total. The molecule has 0 fully saturated rings. The molecule has 0 saturated heterocycles. The van der Waals surface area contributed by atoms with Crippen molar-refractivity contribution in [2.24, 2.45) is 7.05 Å². The minimum Gasteiger partial charge on any atom is -0.337 e. The van der Waals surface area contributed by atoms with Crippen molar-refractivity contribution in [3.63, 3.8) is 0 Å². The number of nitrogens with one attached hydrogen (secondary N) is 1. The number of halogens is 1. The molecule has 0 aliphatic carbocycles. The van der Waals surface area contributed by atoms with Gasteiger partial charge < -0.3 is 5.32 Å². The zero-order valence-electron chi connectivity index (χ0n) is 14.8. The lowest BCUT2D eigenvalue weighted by Gasteiger charge is -2.11. The Morgan fingerprint density at radius 1 is 1.00 bits per heavy atom. The fourth-order valence-electron chi connectivity index (χ4n) is 2.89. The Morgan fingerprint density at radius 3 is 2.62 bits per heavy atom. The van der Waals surface area contributed by atoms with E-state index in [1.807, 2.05) is 45.2 Å². The quantitative estimate of drug-likeness (QED) is 0.591. The van der Waals surface area contributed by atoms with Crippen LogP contribution in [0.3, 0.4) is 0 Å². The Bertz CT molecular complexity index is 1120. The fourth-order valence-corrected chi connectivity index (χ4v) is 2.89. The number of rotatable bonds is 3. The molecule has 0 aliphatic rings. The molecule has 4 aromatic rings. The first kappa shape index (κ1) is 16.2. The molecule has 2 aromatic heterocycles. The molecule has 0 atom stereocenters. The first-order valence-electron chi connectivity index (χ1n) is 8.31. The van der Waals surface area contributed by atoms with Gasteiger partial charge in [0.1, 0.15) is 11.6 Å². The minimum absolute atomic E-state index is 0.330. The van der Waals surface area contributed by atoms with E-state index >= 15 is 0 Å². The second-order valence-corrected chi connectivity index (χ2v) is 6.38. The highest BCUT2D eigenvalue weighted by molar-refractivity contribution is 5.90. The van der Waals surface area contributed by atoms with E-state index in [0.29, 0.717) is 23.0 Å². The summed E-state index contributed by atoms with van der Waals surface area (Å²) in [5.74, 6) is 0.771. The third-order valence-electron chi connectivity index (χ3n) is 4.24. The monoisotopic (exact) mass is 347 g/mol. The lowest BCUT2D eigenvalue weighted by molar-refractivity contribution is 0.631. The van der Waals surface area contributed by atoms with E-state index in [4.69, 9.17) is 0 Å². The van der Waals surface area contributed by atoms with E-state index in [2.05, 4.69) is 20.4 Å². The van der Waals surface area contributed by atoms with Crippen molar-refractivity contribution in [3.05, 3.63) is 65.6 Å². The summed E-state index contributed by atoms with van der Waals surface area (Å²) in [7, 11) is 1.83. The summed E-state index contributed by atoms with van der Waals surface area (Å²) < 4.78 is 15.9. The van der Waals surface area contributed by atoms with E-state index in [0.717, 1.165) is 22.1 Å². The van der Waals surface area contributed by atoms with Gasteiger partial charge in [-0.05, 0) is 37.6 Å². The molecule has 4 rings (SSSR count). The molecule has 0 aliphatic heterocycles. The van der Waals surface area contributed by atoms with Gasteiger partial charge in [0.15, 0.2) is 11.5 Å². The smallest absolute Gasteiger partial charge is 0.164 e. The van der Waals surface area contributed by atoms with Crippen LogP contribution < -0.4 is 5.32 Å². The molecule has 0 amide bonds. The highest BCUT2D eigenvalue weighted by Gasteiger charge is 2.14. The SMILES string of the molecule is Cc1cccc(-c2nc(Nc3cc(C)ccc3F)c3cnn(C)c3n2)c1. The minimum atomic E-state index is -0.330. The van der Waals surface area contributed by atoms with Gasteiger partial charge in [0.2, 0.25) is 0 Å². The lowest BCUT2D eigenvalue weighted by atomic mass is 10.1. The fraction of sp³-hybridized carbons (Fsp3) is 0.150. The molecule has 26 heavy (non-hydrogen) atoms. The van der Waals surface area contributed by atoms with Crippen LogP contribution in [0.1, 0.15) is 11.1 Å². The zero-order valence-corrected chi connectivity index (χ0v) is 14.8. The average molecular weight is 347 g/mol. The number of benzene rings is 2. The number of hydrogen-bond donors (Lipinski definition) is 1. The van der Waals surface area contributed by atoms with Crippen LogP contribution in [0.2, 0.25) is 0 Å². The van der Waals surface area contributed by atoms with Crippen molar-refractivity contribution in [3.8, 4) is 11.4 Å². The van der Waals surface area contributed by atoms with E-state index < -0.39 is 0 Å². The summed E-state index contributed by atoms with van der Waals surface area (Å²) >= 11 is 0. The second-order valence-electron chi connectivity index (χ2n) is 6.38. The van der Waals surface area contributed by atoms with Crippen LogP contribution in [-0.2, 0) is 7.05 Å². The molecule has 130 valence electrons. The largest absolute Gasteiger partial charge is 0.337 e. The summed E-state index contributed by atoms with van der Waals surface area (Å²) in [4.78, 5) is 9.29. The summed E-state index contributed by atoms with van der Waals surface area (Å²) in [6.45, 7) is 3.94. The van der Waals surface area contributed by atoms with E-state index in [1.165, 1.54) is 6.07 Å². The third kappa shape index (κ3) is 2.90. The molecule has 0 radical (unpaired) electrons. The highest BCUT2D eigenvalue weighted by atomic mass is 19.1. The van der Waals surface area contributed by atoms with Crippen LogP contribution in [0.5, 0.6) is 0 Å². The van der Waals surface area contributed by atoms with Gasteiger partial charge >= 0.3 is 0 Å². The number of hydrogen-bond acceptors (Lipinski definition) is 4. The Balaban J connectivity index is 1.89. The molecule has 5 nitrogen and oxygen atoms in total. The average Bonchev–Trinajstić information content (AvgIpc) is 2.99. The van der Waals surface area contributed by atoms with Crippen molar-refractivity contribution in [2.75, 3.05) is 5.32 Å². The topological polar surface area (TPSA) is 55.6 Å². The van der Waals surface area contributed by atoms with Crippen LogP contribution in [0.25, 0.3) is 22.4 Å². The van der Waals surface area contributed by atoms with Gasteiger partial charge in [-0.15, -0.1) is 0 Å². The van der Waals surface area contributed by atoms with Crippen LogP contribution in [-0.4, -0.2) is 19.7 Å². The summed E-state index contributed by atoms with van der Waals surface area (Å²) in [5, 5.41) is 8.13. The van der Waals surface area contributed by atoms with Crippen molar-refractivity contribution < 1.29 is 4.39 Å². The van der Waals surface area contributed by atoms with Crippen molar-refractivity contribution in [1.29, 1.82) is 0 Å². The van der Waals surface area contributed by atoms with E-state index in [9.17, 15) is 4.39 Å². The maximum absolute atomic E-state index is 14.2.